The topological polar surface area (TPSA) is 51.2 Å². The van der Waals surface area contributed by atoms with Crippen LogP contribution in [0.4, 0.5) is 4.79 Å². The fraction of sp³-hybridized carbons (Fsp3) is 0.0769. The van der Waals surface area contributed by atoms with E-state index >= 15 is 0 Å². The molecule has 0 radical (unpaired) electrons. The third kappa shape index (κ3) is 4.10. The van der Waals surface area contributed by atoms with Crippen LogP contribution in [0.1, 0.15) is 5.56 Å². The van der Waals surface area contributed by atoms with Crippen LogP contribution in [-0.4, -0.2) is 11.1 Å². The summed E-state index contributed by atoms with van der Waals surface area (Å²) in [5.41, 5.74) is 1.03. The van der Waals surface area contributed by atoms with E-state index in [0.29, 0.717) is 6.54 Å². The third-order valence-corrected chi connectivity index (χ3v) is 2.80. The molecule has 0 saturated carbocycles. The van der Waals surface area contributed by atoms with Gasteiger partial charge >= 0.3 is 6.09 Å². The summed E-state index contributed by atoms with van der Waals surface area (Å²) in [5.74, 6) is 0. The van der Waals surface area contributed by atoms with Gasteiger partial charge in [0.25, 0.3) is 0 Å². The largest absolute Gasteiger partial charge is 0.419 e. The molecule has 1 amide bonds. The Balaban J connectivity index is 1.73. The number of carbonyl (C=O) groups excluding carboxylic acids is 1. The summed E-state index contributed by atoms with van der Waals surface area (Å²) in [6, 6.07) is 13.3. The molecule has 2 aromatic rings. The zero-order chi connectivity index (χ0) is 12.6. The molecule has 0 aliphatic carbocycles. The lowest BCUT2D eigenvalue weighted by atomic mass is 10.2. The number of nitrogens with zero attached hydrogens (tertiary/aromatic N) is 1. The normalized spacial score (nSPS) is 9.78. The van der Waals surface area contributed by atoms with Crippen molar-refractivity contribution >= 4 is 18.1 Å². The lowest BCUT2D eigenvalue weighted by Gasteiger charge is -2.05. The van der Waals surface area contributed by atoms with Crippen LogP contribution in [0.2, 0.25) is 0 Å². The van der Waals surface area contributed by atoms with Gasteiger partial charge in [0.2, 0.25) is 0 Å². The average Bonchev–Trinajstić information content (AvgIpc) is 2.45. The average molecular weight is 260 g/mol. The molecule has 0 fully saturated rings. The quantitative estimate of drug-likeness (QED) is 0.858. The lowest BCUT2D eigenvalue weighted by Crippen LogP contribution is -2.21. The van der Waals surface area contributed by atoms with Gasteiger partial charge in [0.1, 0.15) is 0 Å². The van der Waals surface area contributed by atoms with Crippen LogP contribution in [0.15, 0.2) is 59.8 Å². The highest BCUT2D eigenvalue weighted by molar-refractivity contribution is 7.95. The van der Waals surface area contributed by atoms with E-state index in [9.17, 15) is 4.79 Å². The molecule has 1 aromatic carbocycles. The Hall–Kier alpha value is -2.01. The standard InChI is InChI=1S/C13H12N2O2S/c16-13(15-9-11-5-2-1-3-6-11)17-18-12-7-4-8-14-10-12/h1-8,10H,9H2,(H,15,16). The summed E-state index contributed by atoms with van der Waals surface area (Å²) in [4.78, 5) is 16.1. The Morgan fingerprint density at radius 2 is 2.06 bits per heavy atom. The van der Waals surface area contributed by atoms with Crippen molar-refractivity contribution in [2.75, 3.05) is 0 Å². The second kappa shape index (κ2) is 6.66. The van der Waals surface area contributed by atoms with Gasteiger partial charge < -0.3 is 9.50 Å². The van der Waals surface area contributed by atoms with Crippen molar-refractivity contribution in [3.63, 3.8) is 0 Å². The number of aromatic nitrogens is 1. The van der Waals surface area contributed by atoms with Crippen molar-refractivity contribution in [3.05, 3.63) is 60.4 Å². The lowest BCUT2D eigenvalue weighted by molar-refractivity contribution is 0.208. The fourth-order valence-electron chi connectivity index (χ4n) is 1.28. The highest BCUT2D eigenvalue weighted by Gasteiger charge is 2.03. The maximum Gasteiger partial charge on any atom is 0.419 e. The smallest absolute Gasteiger partial charge is 0.370 e. The van der Waals surface area contributed by atoms with Gasteiger partial charge in [-0.25, -0.2) is 4.79 Å². The summed E-state index contributed by atoms with van der Waals surface area (Å²) < 4.78 is 4.98. The Labute approximate surface area is 110 Å². The molecule has 0 saturated heterocycles. The highest BCUT2D eigenvalue weighted by Crippen LogP contribution is 2.16. The van der Waals surface area contributed by atoms with Crippen molar-refractivity contribution in [1.82, 2.24) is 10.3 Å². The van der Waals surface area contributed by atoms with Gasteiger partial charge in [0.05, 0.1) is 16.9 Å². The number of amides is 1. The Bertz CT molecular complexity index is 445. The van der Waals surface area contributed by atoms with Crippen LogP contribution in [0.25, 0.3) is 0 Å². The highest BCUT2D eigenvalue weighted by atomic mass is 32.2. The van der Waals surface area contributed by atoms with Gasteiger partial charge in [-0.05, 0) is 17.7 Å². The molecule has 5 heteroatoms. The van der Waals surface area contributed by atoms with Gasteiger partial charge in [-0.2, -0.15) is 0 Å². The van der Waals surface area contributed by atoms with E-state index in [-0.39, 0.29) is 0 Å². The molecule has 2 rings (SSSR count). The molecular weight excluding hydrogens is 248 g/mol. The molecule has 18 heavy (non-hydrogen) atoms. The molecule has 1 aromatic heterocycles. The SMILES string of the molecule is O=C(NCc1ccccc1)OSc1cccnc1. The minimum Gasteiger partial charge on any atom is -0.370 e. The van der Waals surface area contributed by atoms with Crippen LogP contribution in [0.5, 0.6) is 0 Å². The fourth-order valence-corrected chi connectivity index (χ4v) is 1.75. The first-order valence-electron chi connectivity index (χ1n) is 5.41. The van der Waals surface area contributed by atoms with Crippen molar-refractivity contribution < 1.29 is 8.98 Å². The number of hydrogen-bond acceptors (Lipinski definition) is 4. The molecule has 0 spiro atoms. The minimum atomic E-state index is -0.465. The van der Waals surface area contributed by atoms with Crippen LogP contribution in [0, 0.1) is 0 Å². The molecule has 0 aliphatic rings. The van der Waals surface area contributed by atoms with E-state index in [4.69, 9.17) is 4.18 Å². The first kappa shape index (κ1) is 12.4. The zero-order valence-corrected chi connectivity index (χ0v) is 10.4. The van der Waals surface area contributed by atoms with Crippen molar-refractivity contribution in [2.45, 2.75) is 11.4 Å². The number of rotatable bonds is 4. The second-order valence-corrected chi connectivity index (χ2v) is 4.29. The van der Waals surface area contributed by atoms with Crippen molar-refractivity contribution in [3.8, 4) is 0 Å². The molecule has 4 nitrogen and oxygen atoms in total. The summed E-state index contributed by atoms with van der Waals surface area (Å²) in [7, 11) is 0. The van der Waals surface area contributed by atoms with Crippen molar-refractivity contribution in [2.24, 2.45) is 0 Å². The Kier molecular flexibility index (Phi) is 4.60. The van der Waals surface area contributed by atoms with E-state index < -0.39 is 6.09 Å². The number of hydrogen-bond donors (Lipinski definition) is 1. The minimum absolute atomic E-state index is 0.452. The van der Waals surface area contributed by atoms with Crippen LogP contribution in [0.3, 0.4) is 0 Å². The van der Waals surface area contributed by atoms with Gasteiger partial charge in [-0.15, -0.1) is 0 Å². The summed E-state index contributed by atoms with van der Waals surface area (Å²) in [6.07, 6.45) is 2.84. The molecule has 0 atom stereocenters. The van der Waals surface area contributed by atoms with Gasteiger partial charge in [-0.1, -0.05) is 30.3 Å². The van der Waals surface area contributed by atoms with E-state index in [1.165, 1.54) is 0 Å². The molecule has 1 heterocycles. The Morgan fingerprint density at radius 3 is 2.78 bits per heavy atom. The summed E-state index contributed by atoms with van der Waals surface area (Å²) in [6.45, 7) is 0.452. The van der Waals surface area contributed by atoms with Crippen molar-refractivity contribution in [1.29, 1.82) is 0 Å². The zero-order valence-electron chi connectivity index (χ0n) is 9.58. The first-order chi connectivity index (χ1) is 8.84. The number of carbonyl (C=O) groups is 1. The second-order valence-electron chi connectivity index (χ2n) is 3.48. The molecule has 0 bridgehead atoms. The van der Waals surface area contributed by atoms with Gasteiger partial charge in [-0.3, -0.25) is 4.98 Å². The predicted octanol–water partition coefficient (Wildman–Crippen LogP) is 3.02. The monoisotopic (exact) mass is 260 g/mol. The number of nitrogens with one attached hydrogen (secondary N) is 1. The van der Waals surface area contributed by atoms with Crippen LogP contribution in [-0.2, 0) is 10.7 Å². The molecular formula is C13H12N2O2S. The van der Waals surface area contributed by atoms with E-state index in [2.05, 4.69) is 10.3 Å². The number of pyridine rings is 1. The molecule has 1 N–H and O–H groups in total. The van der Waals surface area contributed by atoms with Gasteiger partial charge in [0.15, 0.2) is 0 Å². The summed E-state index contributed by atoms with van der Waals surface area (Å²) in [5, 5.41) is 2.67. The summed E-state index contributed by atoms with van der Waals surface area (Å²) >= 11 is 0.989. The Morgan fingerprint density at radius 1 is 1.22 bits per heavy atom. The van der Waals surface area contributed by atoms with Gasteiger partial charge in [0, 0.05) is 18.9 Å². The molecule has 0 unspecified atom stereocenters. The van der Waals surface area contributed by atoms with E-state index in [1.54, 1.807) is 18.5 Å². The maximum atomic E-state index is 11.4. The van der Waals surface area contributed by atoms with Crippen LogP contribution >= 0.6 is 12.0 Å². The third-order valence-electron chi connectivity index (χ3n) is 2.13. The first-order valence-corrected chi connectivity index (χ1v) is 6.15. The van der Waals surface area contributed by atoms with E-state index in [0.717, 1.165) is 22.5 Å². The van der Waals surface area contributed by atoms with E-state index in [1.807, 2.05) is 36.4 Å². The molecule has 0 aliphatic heterocycles. The predicted molar refractivity (Wildman–Crippen MR) is 69.9 cm³/mol. The maximum absolute atomic E-state index is 11.4. The number of benzene rings is 1. The van der Waals surface area contributed by atoms with Crippen LogP contribution < -0.4 is 5.32 Å². The molecule has 92 valence electrons.